The van der Waals surface area contributed by atoms with E-state index in [4.69, 9.17) is 0 Å². The summed E-state index contributed by atoms with van der Waals surface area (Å²) in [5.41, 5.74) is 0. The van der Waals surface area contributed by atoms with Crippen LogP contribution >= 0.6 is 0 Å². The first-order valence-electron chi connectivity index (χ1n) is 4.09. The van der Waals surface area contributed by atoms with Crippen LogP contribution in [0.2, 0.25) is 0 Å². The molecule has 0 amide bonds. The minimum Gasteiger partial charge on any atom is -0.358 e. The van der Waals surface area contributed by atoms with Crippen LogP contribution in [0.1, 0.15) is 13.3 Å². The van der Waals surface area contributed by atoms with E-state index in [0.29, 0.717) is 5.95 Å². The van der Waals surface area contributed by atoms with Crippen LogP contribution in [0.4, 0.5) is 11.9 Å². The fourth-order valence-corrected chi connectivity index (χ4v) is 0.979. The van der Waals surface area contributed by atoms with Gasteiger partial charge in [0, 0.05) is 20.6 Å². The molecule has 0 radical (unpaired) electrons. The molecular formula is C7H15N5. The summed E-state index contributed by atoms with van der Waals surface area (Å²) in [6.45, 7) is 3.12. The minimum absolute atomic E-state index is 0.702. The van der Waals surface area contributed by atoms with Crippen molar-refractivity contribution in [3.8, 4) is 0 Å². The van der Waals surface area contributed by atoms with E-state index in [2.05, 4.69) is 27.4 Å². The van der Waals surface area contributed by atoms with Crippen LogP contribution in [0.25, 0.3) is 0 Å². The van der Waals surface area contributed by atoms with Crippen LogP contribution in [0.3, 0.4) is 0 Å². The predicted molar refractivity (Wildman–Crippen MR) is 49.5 cm³/mol. The zero-order valence-electron chi connectivity index (χ0n) is 7.76. The Labute approximate surface area is 72.2 Å². The lowest BCUT2D eigenvalue weighted by Gasteiger charge is -2.12. The summed E-state index contributed by atoms with van der Waals surface area (Å²) in [4.78, 5) is 5.08. The first-order valence-corrected chi connectivity index (χ1v) is 4.09. The third kappa shape index (κ3) is 1.87. The van der Waals surface area contributed by atoms with E-state index in [-0.39, 0.29) is 0 Å². The summed E-state index contributed by atoms with van der Waals surface area (Å²) in [7, 11) is 3.80. The number of rotatable bonds is 4. The van der Waals surface area contributed by atoms with Crippen molar-refractivity contribution in [1.82, 2.24) is 15.2 Å². The molecule has 68 valence electrons. The maximum atomic E-state index is 3.96. The molecule has 0 aliphatic heterocycles. The van der Waals surface area contributed by atoms with Crippen LogP contribution in [0.5, 0.6) is 0 Å². The second-order valence-corrected chi connectivity index (χ2v) is 2.67. The molecule has 0 spiro atoms. The van der Waals surface area contributed by atoms with Crippen molar-refractivity contribution in [3.05, 3.63) is 0 Å². The highest BCUT2D eigenvalue weighted by molar-refractivity contribution is 5.34. The Morgan fingerprint density at radius 1 is 1.50 bits per heavy atom. The zero-order chi connectivity index (χ0) is 8.97. The Balaban J connectivity index is 2.61. The summed E-state index contributed by atoms with van der Waals surface area (Å²) in [5.74, 6) is 1.51. The fourth-order valence-electron chi connectivity index (χ4n) is 0.979. The molecule has 12 heavy (non-hydrogen) atoms. The molecule has 1 aromatic rings. The molecule has 0 unspecified atom stereocenters. The van der Waals surface area contributed by atoms with Gasteiger partial charge in [-0.3, -0.25) is 4.98 Å². The lowest BCUT2D eigenvalue weighted by molar-refractivity contribution is 0.821. The summed E-state index contributed by atoms with van der Waals surface area (Å²) >= 11 is 0. The monoisotopic (exact) mass is 169 g/mol. The van der Waals surface area contributed by atoms with Crippen molar-refractivity contribution in [2.75, 3.05) is 30.9 Å². The van der Waals surface area contributed by atoms with Gasteiger partial charge in [-0.05, 0) is 6.42 Å². The quantitative estimate of drug-likeness (QED) is 0.696. The Bertz CT molecular complexity index is 231. The van der Waals surface area contributed by atoms with Gasteiger partial charge >= 0.3 is 0 Å². The van der Waals surface area contributed by atoms with Crippen LogP contribution < -0.4 is 10.2 Å². The Morgan fingerprint density at radius 3 is 2.75 bits per heavy atom. The number of hydrogen-bond acceptors (Lipinski definition) is 4. The molecule has 1 rings (SSSR count). The molecule has 0 aromatic carbocycles. The standard InChI is InChI=1S/C7H15N5/c1-4-5-12(3)7-9-6(8-2)10-11-7/h4-5H2,1-3H3,(H2,8,9,10,11). The average Bonchev–Trinajstić information content (AvgIpc) is 2.52. The van der Waals surface area contributed by atoms with Gasteiger partial charge in [-0.1, -0.05) is 6.92 Å². The van der Waals surface area contributed by atoms with E-state index in [1.165, 1.54) is 0 Å². The lowest BCUT2D eigenvalue weighted by Crippen LogP contribution is -2.19. The molecule has 0 fully saturated rings. The average molecular weight is 169 g/mol. The lowest BCUT2D eigenvalue weighted by atomic mass is 10.4. The molecule has 1 heterocycles. The van der Waals surface area contributed by atoms with Crippen LogP contribution in [-0.4, -0.2) is 35.8 Å². The molecule has 5 heteroatoms. The van der Waals surface area contributed by atoms with Crippen molar-refractivity contribution in [3.63, 3.8) is 0 Å². The van der Waals surface area contributed by atoms with E-state index < -0.39 is 0 Å². The van der Waals surface area contributed by atoms with Gasteiger partial charge in [-0.25, -0.2) is 0 Å². The highest BCUT2D eigenvalue weighted by Gasteiger charge is 2.04. The maximum Gasteiger partial charge on any atom is 0.225 e. The van der Waals surface area contributed by atoms with Gasteiger partial charge in [0.05, 0.1) is 0 Å². The Morgan fingerprint density at radius 2 is 2.25 bits per heavy atom. The van der Waals surface area contributed by atoms with Gasteiger partial charge in [-0.2, -0.15) is 0 Å². The van der Waals surface area contributed by atoms with E-state index in [1.54, 1.807) is 0 Å². The molecule has 0 saturated carbocycles. The molecule has 1 aromatic heterocycles. The largest absolute Gasteiger partial charge is 0.358 e. The van der Waals surface area contributed by atoms with E-state index in [0.717, 1.165) is 18.9 Å². The SMILES string of the molecule is CCCN(C)c1nnc(NC)[nH]1. The second-order valence-electron chi connectivity index (χ2n) is 2.67. The van der Waals surface area contributed by atoms with Crippen molar-refractivity contribution in [1.29, 1.82) is 0 Å². The predicted octanol–water partition coefficient (Wildman–Crippen LogP) is 0.693. The van der Waals surface area contributed by atoms with Gasteiger partial charge in [0.1, 0.15) is 0 Å². The molecule has 5 nitrogen and oxygen atoms in total. The Kier molecular flexibility index (Phi) is 2.90. The molecule has 0 aliphatic rings. The van der Waals surface area contributed by atoms with Crippen molar-refractivity contribution < 1.29 is 0 Å². The zero-order valence-corrected chi connectivity index (χ0v) is 7.76. The van der Waals surface area contributed by atoms with Crippen LogP contribution in [-0.2, 0) is 0 Å². The third-order valence-electron chi connectivity index (χ3n) is 1.63. The van der Waals surface area contributed by atoms with Crippen molar-refractivity contribution >= 4 is 11.9 Å². The molecule has 0 aliphatic carbocycles. The van der Waals surface area contributed by atoms with E-state index >= 15 is 0 Å². The fraction of sp³-hybridized carbons (Fsp3) is 0.714. The molecule has 2 N–H and O–H groups in total. The molecule has 0 saturated heterocycles. The van der Waals surface area contributed by atoms with Gasteiger partial charge in [-0.15, -0.1) is 10.2 Å². The number of H-pyrrole nitrogens is 1. The maximum absolute atomic E-state index is 3.96. The topological polar surface area (TPSA) is 56.8 Å². The first kappa shape index (κ1) is 8.83. The van der Waals surface area contributed by atoms with Gasteiger partial charge < -0.3 is 10.2 Å². The smallest absolute Gasteiger partial charge is 0.225 e. The normalized spacial score (nSPS) is 9.92. The summed E-state index contributed by atoms with van der Waals surface area (Å²) in [6, 6.07) is 0. The van der Waals surface area contributed by atoms with Crippen LogP contribution in [0, 0.1) is 0 Å². The number of anilines is 2. The highest BCUT2D eigenvalue weighted by Crippen LogP contribution is 2.06. The highest BCUT2D eigenvalue weighted by atomic mass is 15.4. The Hall–Kier alpha value is -1.26. The van der Waals surface area contributed by atoms with Gasteiger partial charge in [0.2, 0.25) is 11.9 Å². The number of hydrogen-bond donors (Lipinski definition) is 2. The van der Waals surface area contributed by atoms with Crippen molar-refractivity contribution in [2.24, 2.45) is 0 Å². The van der Waals surface area contributed by atoms with Crippen LogP contribution in [0.15, 0.2) is 0 Å². The van der Waals surface area contributed by atoms with Gasteiger partial charge in [0.15, 0.2) is 0 Å². The van der Waals surface area contributed by atoms with Crippen molar-refractivity contribution in [2.45, 2.75) is 13.3 Å². The number of aromatic amines is 1. The summed E-state index contributed by atoms with van der Waals surface area (Å²) in [5, 5.41) is 10.7. The molecular weight excluding hydrogens is 154 g/mol. The summed E-state index contributed by atoms with van der Waals surface area (Å²) < 4.78 is 0. The molecule has 0 atom stereocenters. The number of aromatic nitrogens is 3. The third-order valence-corrected chi connectivity index (χ3v) is 1.63. The first-order chi connectivity index (χ1) is 5.77. The van der Waals surface area contributed by atoms with Gasteiger partial charge in [0.25, 0.3) is 0 Å². The van der Waals surface area contributed by atoms with E-state index in [9.17, 15) is 0 Å². The minimum atomic E-state index is 0.702. The summed E-state index contributed by atoms with van der Waals surface area (Å²) in [6.07, 6.45) is 1.10. The van der Waals surface area contributed by atoms with E-state index in [1.807, 2.05) is 19.0 Å². The number of nitrogens with zero attached hydrogens (tertiary/aromatic N) is 3. The molecule has 0 bridgehead atoms. The second kappa shape index (κ2) is 3.94. The number of nitrogens with one attached hydrogen (secondary N) is 2.